The largest absolute Gasteiger partial charge is 0.491 e. The molecule has 2 saturated heterocycles. The quantitative estimate of drug-likeness (QED) is 0.739. The van der Waals surface area contributed by atoms with Crippen LogP contribution in [0.5, 0.6) is 5.75 Å². The van der Waals surface area contributed by atoms with Gasteiger partial charge in [-0.3, -0.25) is 9.69 Å². The number of likely N-dealkylation sites (tertiary alicyclic amines) is 1. The van der Waals surface area contributed by atoms with Crippen molar-refractivity contribution in [1.82, 2.24) is 14.8 Å². The van der Waals surface area contributed by atoms with Crippen molar-refractivity contribution >= 4 is 17.2 Å². The molecule has 2 aliphatic rings. The van der Waals surface area contributed by atoms with E-state index in [1.54, 1.807) is 23.5 Å². The second-order valence-corrected chi connectivity index (χ2v) is 7.95. The molecule has 6 nitrogen and oxygen atoms in total. The number of morpholine rings is 1. The normalized spacial score (nSPS) is 21.8. The number of carbonyl (C=O) groups is 1. The van der Waals surface area contributed by atoms with Crippen molar-refractivity contribution in [2.24, 2.45) is 0 Å². The number of aromatic nitrogens is 1. The van der Waals surface area contributed by atoms with Crippen LogP contribution in [0, 0.1) is 5.82 Å². The van der Waals surface area contributed by atoms with Crippen molar-refractivity contribution in [3.05, 3.63) is 46.7 Å². The SMILES string of the molecule is O=C1COC(COc2ccc(F)cc2)CN1C1CCN(Cc2cscn2)CC1. The number of hydrogen-bond acceptors (Lipinski definition) is 6. The number of ether oxygens (including phenoxy) is 2. The van der Waals surface area contributed by atoms with Crippen molar-refractivity contribution in [1.29, 1.82) is 0 Å². The first-order valence-electron chi connectivity index (χ1n) is 9.56. The van der Waals surface area contributed by atoms with Crippen molar-refractivity contribution in [2.75, 3.05) is 32.8 Å². The van der Waals surface area contributed by atoms with Crippen LogP contribution in [-0.2, 0) is 16.1 Å². The highest BCUT2D eigenvalue weighted by Crippen LogP contribution is 2.22. The third-order valence-corrected chi connectivity index (χ3v) is 5.91. The van der Waals surface area contributed by atoms with Crippen molar-refractivity contribution in [2.45, 2.75) is 31.5 Å². The van der Waals surface area contributed by atoms with Gasteiger partial charge in [-0.05, 0) is 37.1 Å². The molecule has 1 unspecified atom stereocenters. The van der Waals surface area contributed by atoms with E-state index in [2.05, 4.69) is 15.3 Å². The van der Waals surface area contributed by atoms with E-state index in [4.69, 9.17) is 9.47 Å². The molecule has 28 heavy (non-hydrogen) atoms. The summed E-state index contributed by atoms with van der Waals surface area (Å²) in [7, 11) is 0. The maximum atomic E-state index is 13.0. The van der Waals surface area contributed by atoms with E-state index < -0.39 is 0 Å². The number of benzene rings is 1. The number of hydrogen-bond donors (Lipinski definition) is 0. The molecule has 4 rings (SSSR count). The Morgan fingerprint density at radius 2 is 2.04 bits per heavy atom. The van der Waals surface area contributed by atoms with Gasteiger partial charge in [-0.1, -0.05) is 0 Å². The van der Waals surface area contributed by atoms with Gasteiger partial charge in [-0.25, -0.2) is 9.37 Å². The Bertz CT molecular complexity index is 764. The second kappa shape index (κ2) is 8.98. The lowest BCUT2D eigenvalue weighted by molar-refractivity contribution is -0.155. The van der Waals surface area contributed by atoms with Crippen LogP contribution >= 0.6 is 11.3 Å². The summed E-state index contributed by atoms with van der Waals surface area (Å²) in [4.78, 5) is 21.1. The highest BCUT2D eigenvalue weighted by Gasteiger charge is 2.33. The van der Waals surface area contributed by atoms with Crippen LogP contribution in [0.1, 0.15) is 18.5 Å². The van der Waals surface area contributed by atoms with Gasteiger partial charge >= 0.3 is 0 Å². The Hall–Kier alpha value is -2.03. The maximum Gasteiger partial charge on any atom is 0.248 e. The van der Waals surface area contributed by atoms with Crippen LogP contribution in [-0.4, -0.2) is 65.7 Å². The van der Waals surface area contributed by atoms with Crippen LogP contribution in [0.15, 0.2) is 35.2 Å². The van der Waals surface area contributed by atoms with Gasteiger partial charge in [-0.15, -0.1) is 11.3 Å². The molecular weight excluding hydrogens is 381 g/mol. The zero-order valence-corrected chi connectivity index (χ0v) is 16.4. The Balaban J connectivity index is 1.26. The average molecular weight is 405 g/mol. The van der Waals surface area contributed by atoms with Gasteiger partial charge in [0.1, 0.15) is 30.9 Å². The molecule has 1 aromatic heterocycles. The molecular formula is C20H24FN3O3S. The molecule has 0 bridgehead atoms. The fourth-order valence-corrected chi connectivity index (χ4v) is 4.30. The summed E-state index contributed by atoms with van der Waals surface area (Å²) < 4.78 is 24.3. The van der Waals surface area contributed by atoms with E-state index in [9.17, 15) is 9.18 Å². The lowest BCUT2D eigenvalue weighted by Gasteiger charge is -2.42. The van der Waals surface area contributed by atoms with Crippen LogP contribution < -0.4 is 4.74 Å². The fourth-order valence-electron chi connectivity index (χ4n) is 3.75. The highest BCUT2D eigenvalue weighted by molar-refractivity contribution is 7.07. The number of rotatable bonds is 6. The number of amides is 1. The number of thiazole rings is 1. The summed E-state index contributed by atoms with van der Waals surface area (Å²) in [5, 5.41) is 2.09. The van der Waals surface area contributed by atoms with E-state index in [0.29, 0.717) is 18.9 Å². The van der Waals surface area contributed by atoms with E-state index in [1.807, 2.05) is 10.4 Å². The summed E-state index contributed by atoms with van der Waals surface area (Å²) in [5.74, 6) is 0.360. The minimum absolute atomic E-state index is 0.0518. The summed E-state index contributed by atoms with van der Waals surface area (Å²) in [5.41, 5.74) is 2.98. The fraction of sp³-hybridized carbons (Fsp3) is 0.500. The molecule has 1 atom stereocenters. The molecule has 150 valence electrons. The third kappa shape index (κ3) is 4.87. The van der Waals surface area contributed by atoms with Crippen molar-refractivity contribution in [3.8, 4) is 5.75 Å². The molecule has 1 amide bonds. The first-order valence-corrected chi connectivity index (χ1v) is 10.5. The van der Waals surface area contributed by atoms with Crippen LogP contribution in [0.4, 0.5) is 4.39 Å². The molecule has 8 heteroatoms. The van der Waals surface area contributed by atoms with Gasteiger partial charge in [-0.2, -0.15) is 0 Å². The Labute approximate surface area is 167 Å². The lowest BCUT2D eigenvalue weighted by atomic mass is 10.0. The molecule has 1 aromatic carbocycles. The number of carbonyl (C=O) groups excluding carboxylic acids is 1. The minimum Gasteiger partial charge on any atom is -0.491 e. The number of piperidine rings is 1. The summed E-state index contributed by atoms with van der Waals surface area (Å²) in [6.45, 7) is 3.78. The van der Waals surface area contributed by atoms with Gasteiger partial charge in [0.2, 0.25) is 5.91 Å². The second-order valence-electron chi connectivity index (χ2n) is 7.23. The first kappa shape index (κ1) is 19.3. The van der Waals surface area contributed by atoms with E-state index in [-0.39, 0.29) is 30.5 Å². The Morgan fingerprint density at radius 3 is 2.75 bits per heavy atom. The molecule has 0 radical (unpaired) electrons. The zero-order valence-electron chi connectivity index (χ0n) is 15.6. The van der Waals surface area contributed by atoms with Gasteiger partial charge in [0.05, 0.1) is 17.7 Å². The topological polar surface area (TPSA) is 54.9 Å². The van der Waals surface area contributed by atoms with E-state index in [1.165, 1.54) is 12.1 Å². The lowest BCUT2D eigenvalue weighted by Crippen LogP contribution is -2.55. The minimum atomic E-state index is -0.292. The van der Waals surface area contributed by atoms with Gasteiger partial charge in [0, 0.05) is 31.1 Å². The highest BCUT2D eigenvalue weighted by atomic mass is 32.1. The third-order valence-electron chi connectivity index (χ3n) is 5.28. The van der Waals surface area contributed by atoms with Crippen LogP contribution in [0.3, 0.4) is 0 Å². The number of halogens is 1. The van der Waals surface area contributed by atoms with Gasteiger partial charge in [0.25, 0.3) is 0 Å². The molecule has 2 fully saturated rings. The summed E-state index contributed by atoms with van der Waals surface area (Å²) >= 11 is 1.62. The summed E-state index contributed by atoms with van der Waals surface area (Å²) in [6.07, 6.45) is 1.75. The van der Waals surface area contributed by atoms with Crippen molar-refractivity contribution < 1.29 is 18.7 Å². The molecule has 0 aliphatic carbocycles. The molecule has 0 spiro atoms. The van der Waals surface area contributed by atoms with Crippen LogP contribution in [0.2, 0.25) is 0 Å². The van der Waals surface area contributed by atoms with Gasteiger partial charge < -0.3 is 14.4 Å². The number of nitrogens with zero attached hydrogens (tertiary/aromatic N) is 3. The molecule has 2 aromatic rings. The predicted octanol–water partition coefficient (Wildman–Crippen LogP) is 2.55. The molecule has 0 N–H and O–H groups in total. The smallest absolute Gasteiger partial charge is 0.248 e. The molecule has 0 saturated carbocycles. The Kier molecular flexibility index (Phi) is 6.19. The maximum absolute atomic E-state index is 13.0. The van der Waals surface area contributed by atoms with Crippen molar-refractivity contribution in [3.63, 3.8) is 0 Å². The zero-order chi connectivity index (χ0) is 19.3. The standard InChI is InChI=1S/C20H24FN3O3S/c21-15-1-3-18(4-2-15)26-11-19-10-24(20(25)12-27-19)17-5-7-23(8-6-17)9-16-13-28-14-22-16/h1-4,13-14,17,19H,5-12H2. The average Bonchev–Trinajstić information content (AvgIpc) is 3.22. The molecule has 2 aliphatic heterocycles. The Morgan fingerprint density at radius 1 is 1.25 bits per heavy atom. The van der Waals surface area contributed by atoms with E-state index >= 15 is 0 Å². The molecule has 3 heterocycles. The first-order chi connectivity index (χ1) is 13.7. The van der Waals surface area contributed by atoms with Gasteiger partial charge in [0.15, 0.2) is 0 Å². The van der Waals surface area contributed by atoms with Crippen LogP contribution in [0.25, 0.3) is 0 Å². The summed E-state index contributed by atoms with van der Waals surface area (Å²) in [6, 6.07) is 6.17. The van der Waals surface area contributed by atoms with E-state index in [0.717, 1.165) is 38.2 Å². The predicted molar refractivity (Wildman–Crippen MR) is 104 cm³/mol. The monoisotopic (exact) mass is 405 g/mol.